The number of nitrogens with two attached hydrogens (primary N) is 1. The Balaban J connectivity index is 2.00. The third-order valence-corrected chi connectivity index (χ3v) is 3.74. The molecule has 0 unspecified atom stereocenters. The third-order valence-electron chi connectivity index (χ3n) is 3.50. The molecule has 0 amide bonds. The van der Waals surface area contributed by atoms with Crippen LogP contribution in [0.2, 0.25) is 5.02 Å². The van der Waals surface area contributed by atoms with Gasteiger partial charge in [0.1, 0.15) is 11.6 Å². The quantitative estimate of drug-likeness (QED) is 0.734. The number of nitrogens with one attached hydrogen (secondary N) is 1. The molecule has 6 heteroatoms. The number of rotatable bonds is 4. The summed E-state index contributed by atoms with van der Waals surface area (Å²) in [5, 5.41) is 3.82. The zero-order valence-corrected chi connectivity index (χ0v) is 14.1. The van der Waals surface area contributed by atoms with Crippen molar-refractivity contribution >= 4 is 29.1 Å². The lowest BCUT2D eigenvalue weighted by molar-refractivity contribution is 0.416. The van der Waals surface area contributed by atoms with E-state index in [0.717, 1.165) is 11.3 Å². The minimum atomic E-state index is 0.171. The summed E-state index contributed by atoms with van der Waals surface area (Å²) in [5.41, 5.74) is 9.37. The molecule has 0 saturated carbocycles. The van der Waals surface area contributed by atoms with Crippen LogP contribution in [0.15, 0.2) is 48.5 Å². The summed E-state index contributed by atoms with van der Waals surface area (Å²) in [4.78, 5) is 8.53. The van der Waals surface area contributed by atoms with Crippen molar-refractivity contribution < 1.29 is 4.74 Å². The molecule has 5 nitrogen and oxygen atoms in total. The van der Waals surface area contributed by atoms with Crippen LogP contribution in [-0.4, -0.2) is 17.1 Å². The van der Waals surface area contributed by atoms with E-state index < -0.39 is 0 Å². The van der Waals surface area contributed by atoms with E-state index in [1.54, 1.807) is 25.3 Å². The number of nitrogen functional groups attached to an aromatic ring is 1. The highest BCUT2D eigenvalue weighted by atomic mass is 35.5. The van der Waals surface area contributed by atoms with Gasteiger partial charge in [0.25, 0.3) is 0 Å². The zero-order chi connectivity index (χ0) is 17.1. The Morgan fingerprint density at radius 2 is 1.79 bits per heavy atom. The Morgan fingerprint density at radius 3 is 2.50 bits per heavy atom. The number of halogens is 1. The van der Waals surface area contributed by atoms with E-state index in [9.17, 15) is 0 Å². The van der Waals surface area contributed by atoms with Crippen molar-refractivity contribution in [2.45, 2.75) is 6.92 Å². The van der Waals surface area contributed by atoms with Gasteiger partial charge in [-0.15, -0.1) is 0 Å². The first-order chi connectivity index (χ1) is 11.5. The topological polar surface area (TPSA) is 73.1 Å². The summed E-state index contributed by atoms with van der Waals surface area (Å²) in [6.07, 6.45) is 0. The Hall–Kier alpha value is -2.79. The fraction of sp³-hybridized carbons (Fsp3) is 0.111. The van der Waals surface area contributed by atoms with Gasteiger partial charge in [0.15, 0.2) is 0 Å². The van der Waals surface area contributed by atoms with Gasteiger partial charge in [-0.25, -0.2) is 4.98 Å². The number of hydrogen-bond donors (Lipinski definition) is 2. The van der Waals surface area contributed by atoms with E-state index in [1.165, 1.54) is 5.56 Å². The Morgan fingerprint density at radius 1 is 1.04 bits per heavy atom. The molecule has 0 spiro atoms. The van der Waals surface area contributed by atoms with Crippen LogP contribution in [0.25, 0.3) is 11.3 Å². The van der Waals surface area contributed by atoms with Crippen molar-refractivity contribution in [3.05, 3.63) is 59.1 Å². The molecule has 24 heavy (non-hydrogen) atoms. The van der Waals surface area contributed by atoms with Gasteiger partial charge in [-0.3, -0.25) is 0 Å². The smallest absolute Gasteiger partial charge is 0.222 e. The molecular formula is C18H17ClN4O. The largest absolute Gasteiger partial charge is 0.496 e. The molecule has 0 aliphatic carbocycles. The summed E-state index contributed by atoms with van der Waals surface area (Å²) in [6, 6.07) is 15.2. The molecular weight excluding hydrogens is 324 g/mol. The van der Waals surface area contributed by atoms with Crippen molar-refractivity contribution in [2.75, 3.05) is 18.2 Å². The first-order valence-electron chi connectivity index (χ1n) is 7.37. The maximum absolute atomic E-state index is 6.10. The van der Waals surface area contributed by atoms with Crippen LogP contribution in [0.5, 0.6) is 5.75 Å². The van der Waals surface area contributed by atoms with Gasteiger partial charge in [-0.2, -0.15) is 4.98 Å². The van der Waals surface area contributed by atoms with Gasteiger partial charge < -0.3 is 15.8 Å². The summed E-state index contributed by atoms with van der Waals surface area (Å²) in [6.45, 7) is 2.04. The van der Waals surface area contributed by atoms with Gasteiger partial charge in [0, 0.05) is 22.3 Å². The average Bonchev–Trinajstić information content (AvgIpc) is 2.56. The van der Waals surface area contributed by atoms with E-state index in [4.69, 9.17) is 22.1 Å². The molecule has 0 saturated heterocycles. The third kappa shape index (κ3) is 3.58. The number of ether oxygens (including phenoxy) is 1. The molecule has 1 aromatic heterocycles. The van der Waals surface area contributed by atoms with Crippen LogP contribution in [0.4, 0.5) is 17.5 Å². The number of nitrogens with zero attached hydrogens (tertiary/aromatic N) is 2. The van der Waals surface area contributed by atoms with Crippen molar-refractivity contribution in [3.8, 4) is 17.0 Å². The van der Waals surface area contributed by atoms with Gasteiger partial charge in [-0.1, -0.05) is 29.3 Å². The number of benzene rings is 2. The van der Waals surface area contributed by atoms with Crippen LogP contribution in [0.1, 0.15) is 5.56 Å². The van der Waals surface area contributed by atoms with E-state index in [2.05, 4.69) is 15.3 Å². The molecule has 0 bridgehead atoms. The summed E-state index contributed by atoms with van der Waals surface area (Å²) in [7, 11) is 1.60. The van der Waals surface area contributed by atoms with Crippen LogP contribution in [0.3, 0.4) is 0 Å². The second-order valence-corrected chi connectivity index (χ2v) is 5.77. The van der Waals surface area contributed by atoms with E-state index >= 15 is 0 Å². The van der Waals surface area contributed by atoms with Crippen LogP contribution in [0, 0.1) is 6.92 Å². The van der Waals surface area contributed by atoms with Crippen LogP contribution < -0.4 is 15.8 Å². The number of hydrogen-bond acceptors (Lipinski definition) is 5. The SMILES string of the molecule is COc1ccc(Cl)cc1-c1cc(Nc2ccc(C)cc2)nc(N)n1. The van der Waals surface area contributed by atoms with Gasteiger partial charge in [0.2, 0.25) is 5.95 Å². The second-order valence-electron chi connectivity index (χ2n) is 5.33. The minimum Gasteiger partial charge on any atom is -0.496 e. The number of anilines is 3. The molecule has 3 rings (SSSR count). The molecule has 0 fully saturated rings. The number of aromatic nitrogens is 2. The summed E-state index contributed by atoms with van der Waals surface area (Å²) >= 11 is 6.10. The fourth-order valence-corrected chi connectivity index (χ4v) is 2.51. The maximum atomic E-state index is 6.10. The molecule has 0 aliphatic heterocycles. The maximum Gasteiger partial charge on any atom is 0.222 e. The molecule has 3 aromatic rings. The lowest BCUT2D eigenvalue weighted by Gasteiger charge is -2.11. The van der Waals surface area contributed by atoms with Crippen molar-refractivity contribution in [2.24, 2.45) is 0 Å². The predicted molar refractivity (Wildman–Crippen MR) is 97.9 cm³/mol. The predicted octanol–water partition coefficient (Wildman–Crippen LogP) is 4.44. The molecule has 0 radical (unpaired) electrons. The number of aryl methyl sites for hydroxylation is 1. The van der Waals surface area contributed by atoms with E-state index in [1.807, 2.05) is 37.3 Å². The standard InChI is InChI=1S/C18H17ClN4O/c1-11-3-6-13(7-4-11)21-17-10-15(22-18(20)23-17)14-9-12(19)5-8-16(14)24-2/h3-10H,1-2H3,(H3,20,21,22,23). The number of methoxy groups -OCH3 is 1. The fourth-order valence-electron chi connectivity index (χ4n) is 2.33. The first kappa shape index (κ1) is 16.1. The monoisotopic (exact) mass is 340 g/mol. The molecule has 0 aliphatic rings. The minimum absolute atomic E-state index is 0.171. The normalized spacial score (nSPS) is 10.5. The van der Waals surface area contributed by atoms with Gasteiger partial charge >= 0.3 is 0 Å². The molecule has 0 atom stereocenters. The van der Waals surface area contributed by atoms with Gasteiger partial charge in [0.05, 0.1) is 12.8 Å². The molecule has 3 N–H and O–H groups in total. The molecule has 122 valence electrons. The lowest BCUT2D eigenvalue weighted by atomic mass is 10.1. The summed E-state index contributed by atoms with van der Waals surface area (Å²) in [5.74, 6) is 1.44. The van der Waals surface area contributed by atoms with Crippen molar-refractivity contribution in [3.63, 3.8) is 0 Å². The highest BCUT2D eigenvalue weighted by Crippen LogP contribution is 2.33. The zero-order valence-electron chi connectivity index (χ0n) is 13.4. The highest BCUT2D eigenvalue weighted by Gasteiger charge is 2.11. The first-order valence-corrected chi connectivity index (χ1v) is 7.75. The van der Waals surface area contributed by atoms with E-state index in [0.29, 0.717) is 22.3 Å². The van der Waals surface area contributed by atoms with Crippen molar-refractivity contribution in [1.82, 2.24) is 9.97 Å². The Bertz CT molecular complexity index is 865. The van der Waals surface area contributed by atoms with Crippen molar-refractivity contribution in [1.29, 1.82) is 0 Å². The van der Waals surface area contributed by atoms with Crippen LogP contribution in [-0.2, 0) is 0 Å². The second kappa shape index (κ2) is 6.76. The van der Waals surface area contributed by atoms with Gasteiger partial charge in [-0.05, 0) is 37.3 Å². The van der Waals surface area contributed by atoms with E-state index in [-0.39, 0.29) is 5.95 Å². The summed E-state index contributed by atoms with van der Waals surface area (Å²) < 4.78 is 5.39. The molecule has 1 heterocycles. The average molecular weight is 341 g/mol. The lowest BCUT2D eigenvalue weighted by Crippen LogP contribution is -2.02. The Labute approximate surface area is 145 Å². The highest BCUT2D eigenvalue weighted by molar-refractivity contribution is 6.31. The van der Waals surface area contributed by atoms with Crippen LogP contribution >= 0.6 is 11.6 Å². The Kier molecular flexibility index (Phi) is 4.53. The molecule has 2 aromatic carbocycles.